The Morgan fingerprint density at radius 1 is 0.897 bits per heavy atom. The van der Waals surface area contributed by atoms with Crippen molar-refractivity contribution in [2.75, 3.05) is 28.4 Å². The molecule has 7 nitrogen and oxygen atoms in total. The minimum atomic E-state index is -0.276. The first-order chi connectivity index (χ1) is 19.1. The van der Waals surface area contributed by atoms with Crippen LogP contribution >= 0.6 is 11.3 Å². The first-order valence-corrected chi connectivity index (χ1v) is 13.4. The fourth-order valence-electron chi connectivity index (χ4n) is 5.47. The van der Waals surface area contributed by atoms with Gasteiger partial charge in [-0.25, -0.2) is 4.99 Å². The molecule has 1 atom stereocenters. The van der Waals surface area contributed by atoms with E-state index in [0.717, 1.165) is 46.6 Å². The molecule has 2 heterocycles. The molecule has 0 unspecified atom stereocenters. The molecule has 4 aromatic rings. The molecular weight excluding hydrogens is 512 g/mol. The molecule has 1 aliphatic carbocycles. The van der Waals surface area contributed by atoms with E-state index in [-0.39, 0.29) is 11.6 Å². The molecule has 198 valence electrons. The van der Waals surface area contributed by atoms with Crippen molar-refractivity contribution in [3.8, 4) is 23.0 Å². The summed E-state index contributed by atoms with van der Waals surface area (Å²) in [6, 6.07) is 19.7. The number of methoxy groups -OCH3 is 4. The number of ether oxygens (including phenoxy) is 4. The van der Waals surface area contributed by atoms with Crippen molar-refractivity contribution in [1.29, 1.82) is 0 Å². The van der Waals surface area contributed by atoms with Crippen molar-refractivity contribution in [2.45, 2.75) is 18.9 Å². The van der Waals surface area contributed by atoms with Crippen LogP contribution in [-0.2, 0) is 6.42 Å². The van der Waals surface area contributed by atoms with E-state index in [4.69, 9.17) is 23.9 Å². The summed E-state index contributed by atoms with van der Waals surface area (Å²) in [7, 11) is 6.37. The summed E-state index contributed by atoms with van der Waals surface area (Å²) >= 11 is 1.38. The summed E-state index contributed by atoms with van der Waals surface area (Å²) in [4.78, 5) is 19.8. The number of hydrogen-bond donors (Lipinski definition) is 0. The Morgan fingerprint density at radius 2 is 1.67 bits per heavy atom. The van der Waals surface area contributed by atoms with Gasteiger partial charge in [0, 0.05) is 5.56 Å². The summed E-state index contributed by atoms with van der Waals surface area (Å²) in [5.74, 6) is 2.31. The molecule has 39 heavy (non-hydrogen) atoms. The van der Waals surface area contributed by atoms with Crippen molar-refractivity contribution in [2.24, 2.45) is 4.99 Å². The van der Waals surface area contributed by atoms with Gasteiger partial charge < -0.3 is 18.9 Å². The van der Waals surface area contributed by atoms with E-state index in [1.807, 2.05) is 47.0 Å². The maximum atomic E-state index is 14.0. The molecule has 8 heteroatoms. The van der Waals surface area contributed by atoms with Crippen LogP contribution < -0.4 is 33.8 Å². The third kappa shape index (κ3) is 4.21. The van der Waals surface area contributed by atoms with Gasteiger partial charge in [0.15, 0.2) is 16.3 Å². The van der Waals surface area contributed by atoms with Crippen molar-refractivity contribution in [3.05, 3.63) is 108 Å². The summed E-state index contributed by atoms with van der Waals surface area (Å²) in [5, 5.41) is 0. The van der Waals surface area contributed by atoms with Crippen LogP contribution in [-0.4, -0.2) is 33.0 Å². The maximum Gasteiger partial charge on any atom is 0.271 e. The van der Waals surface area contributed by atoms with Crippen LogP contribution in [0.5, 0.6) is 23.0 Å². The van der Waals surface area contributed by atoms with E-state index in [1.165, 1.54) is 16.9 Å². The van der Waals surface area contributed by atoms with Gasteiger partial charge in [0.05, 0.1) is 44.7 Å². The van der Waals surface area contributed by atoms with Crippen LogP contribution in [0.25, 0.3) is 11.8 Å². The van der Waals surface area contributed by atoms with Gasteiger partial charge in [0.25, 0.3) is 5.56 Å². The number of aryl methyl sites for hydroxylation is 1. The number of fused-ring (bicyclic) bond motifs is 3. The Morgan fingerprint density at radius 3 is 2.38 bits per heavy atom. The van der Waals surface area contributed by atoms with E-state index in [1.54, 1.807) is 28.4 Å². The molecule has 0 saturated heterocycles. The van der Waals surface area contributed by atoms with Gasteiger partial charge in [-0.15, -0.1) is 0 Å². The van der Waals surface area contributed by atoms with Gasteiger partial charge in [0.2, 0.25) is 5.75 Å². The monoisotopic (exact) mass is 540 g/mol. The Balaban J connectivity index is 1.60. The molecule has 3 aromatic carbocycles. The summed E-state index contributed by atoms with van der Waals surface area (Å²) in [6.45, 7) is 0. The number of hydrogen-bond acceptors (Lipinski definition) is 7. The minimum Gasteiger partial charge on any atom is -0.497 e. The molecule has 1 aliphatic heterocycles. The third-order valence-electron chi connectivity index (χ3n) is 7.27. The highest BCUT2D eigenvalue weighted by Gasteiger charge is 2.32. The standard InChI is InChI=1S/C31H28N2O5S/c1-35-21-10-7-9-20(17-21)28-23-13-12-19-8-5-6-11-22(19)27(23)32-31-33(28)30(34)26(39-31)16-18-14-24(36-2)29(38-4)25(15-18)37-3/h5-11,14-17,28H,12-13H2,1-4H3/b26-16+/t28-/m1/s1. The van der Waals surface area contributed by atoms with Crippen LogP contribution in [0.15, 0.2) is 76.0 Å². The second kappa shape index (κ2) is 10.1. The molecule has 1 aromatic heterocycles. The van der Waals surface area contributed by atoms with Crippen LogP contribution in [0.2, 0.25) is 0 Å². The number of thiazole rings is 1. The van der Waals surface area contributed by atoms with E-state index in [2.05, 4.69) is 24.3 Å². The molecule has 0 amide bonds. The summed E-state index contributed by atoms with van der Waals surface area (Å²) < 4.78 is 24.4. The van der Waals surface area contributed by atoms with Gasteiger partial charge in [-0.1, -0.05) is 47.7 Å². The molecule has 0 N–H and O–H groups in total. The number of nitrogens with zero attached hydrogens (tertiary/aromatic N) is 2. The normalized spacial score (nSPS) is 16.1. The van der Waals surface area contributed by atoms with E-state index >= 15 is 0 Å². The Kier molecular flexibility index (Phi) is 6.48. The molecule has 0 radical (unpaired) electrons. The van der Waals surface area contributed by atoms with E-state index < -0.39 is 0 Å². The summed E-state index contributed by atoms with van der Waals surface area (Å²) in [6.07, 6.45) is 3.59. The SMILES string of the molecule is COc1cccc([C@@H]2C3=C(N=c4s/c(=C/c5cc(OC)c(OC)c(OC)c5)c(=O)n42)c2ccccc2CC3)c1. The van der Waals surface area contributed by atoms with Crippen molar-refractivity contribution < 1.29 is 18.9 Å². The van der Waals surface area contributed by atoms with Crippen LogP contribution in [0.4, 0.5) is 0 Å². The second-order valence-corrected chi connectivity index (χ2v) is 10.4. The number of rotatable bonds is 6. The minimum absolute atomic E-state index is 0.0919. The Labute approximate surface area is 229 Å². The van der Waals surface area contributed by atoms with Crippen molar-refractivity contribution in [3.63, 3.8) is 0 Å². The fourth-order valence-corrected chi connectivity index (χ4v) is 6.47. The zero-order chi connectivity index (χ0) is 27.1. The lowest BCUT2D eigenvalue weighted by Gasteiger charge is -2.31. The molecule has 0 spiro atoms. The van der Waals surface area contributed by atoms with Crippen LogP contribution in [0.1, 0.15) is 34.7 Å². The largest absolute Gasteiger partial charge is 0.497 e. The molecule has 0 bridgehead atoms. The first-order valence-electron chi connectivity index (χ1n) is 12.6. The lowest BCUT2D eigenvalue weighted by atomic mass is 9.83. The summed E-state index contributed by atoms with van der Waals surface area (Å²) in [5.41, 5.74) is 6.19. The first kappa shape index (κ1) is 25.0. The lowest BCUT2D eigenvalue weighted by molar-refractivity contribution is 0.324. The smallest absolute Gasteiger partial charge is 0.271 e. The molecular formula is C31H28N2O5S. The highest BCUT2D eigenvalue weighted by molar-refractivity contribution is 7.07. The maximum absolute atomic E-state index is 14.0. The molecule has 6 rings (SSSR count). The Bertz CT molecular complexity index is 1780. The number of aromatic nitrogens is 1. The van der Waals surface area contributed by atoms with Gasteiger partial charge in [-0.05, 0) is 65.4 Å². The predicted molar refractivity (Wildman–Crippen MR) is 152 cm³/mol. The number of benzene rings is 3. The van der Waals surface area contributed by atoms with E-state index in [9.17, 15) is 4.79 Å². The van der Waals surface area contributed by atoms with Gasteiger partial charge in [-0.2, -0.15) is 0 Å². The zero-order valence-corrected chi connectivity index (χ0v) is 23.0. The lowest BCUT2D eigenvalue weighted by Crippen LogP contribution is -2.38. The quantitative estimate of drug-likeness (QED) is 0.364. The third-order valence-corrected chi connectivity index (χ3v) is 8.25. The van der Waals surface area contributed by atoms with Crippen LogP contribution in [0.3, 0.4) is 0 Å². The van der Waals surface area contributed by atoms with Gasteiger partial charge in [0.1, 0.15) is 5.75 Å². The van der Waals surface area contributed by atoms with Crippen LogP contribution in [0, 0.1) is 0 Å². The van der Waals surface area contributed by atoms with E-state index in [0.29, 0.717) is 26.6 Å². The topological polar surface area (TPSA) is 71.3 Å². The Hall–Kier alpha value is -4.30. The molecule has 0 saturated carbocycles. The van der Waals surface area contributed by atoms with Gasteiger partial charge in [-0.3, -0.25) is 9.36 Å². The second-order valence-electron chi connectivity index (χ2n) is 9.35. The zero-order valence-electron chi connectivity index (χ0n) is 22.2. The van der Waals surface area contributed by atoms with Crippen molar-refractivity contribution in [1.82, 2.24) is 4.57 Å². The highest BCUT2D eigenvalue weighted by atomic mass is 32.1. The number of allylic oxidation sites excluding steroid dienone is 1. The fraction of sp³-hybridized carbons (Fsp3) is 0.226. The molecule has 2 aliphatic rings. The molecule has 0 fully saturated rings. The highest BCUT2D eigenvalue weighted by Crippen LogP contribution is 2.42. The predicted octanol–water partition coefficient (Wildman–Crippen LogP) is 4.35. The van der Waals surface area contributed by atoms with Gasteiger partial charge >= 0.3 is 0 Å². The average molecular weight is 541 g/mol. The van der Waals surface area contributed by atoms with Crippen molar-refractivity contribution >= 4 is 23.1 Å². The average Bonchev–Trinajstić information content (AvgIpc) is 3.29.